The van der Waals surface area contributed by atoms with Crippen molar-refractivity contribution in [3.8, 4) is 11.5 Å². The molecule has 9 heteroatoms. The number of nitrogens with one attached hydrogen (secondary N) is 2. The number of carbonyl (C=O) groups excluding carboxylic acids is 1. The highest BCUT2D eigenvalue weighted by molar-refractivity contribution is 8.00. The van der Waals surface area contributed by atoms with Gasteiger partial charge < -0.3 is 19.5 Å². The Labute approximate surface area is 171 Å². The van der Waals surface area contributed by atoms with E-state index in [1.807, 2.05) is 36.7 Å². The molecular formula is C20H23N3O5S. The fraction of sp³-hybridized carbons (Fsp3) is 0.500. The van der Waals surface area contributed by atoms with Crippen molar-refractivity contribution in [1.29, 1.82) is 0 Å². The SMILES string of the molecule is CC1(C)C[C@H](n2[nH]c(=O)c3c2NC(=O)CS[C@@H]3c2ccc3c(c2)OCO3)CCO1. The highest BCUT2D eigenvalue weighted by Crippen LogP contribution is 2.44. The maximum absolute atomic E-state index is 13.0. The average molecular weight is 417 g/mol. The Balaban J connectivity index is 1.59. The minimum atomic E-state index is -0.281. The Morgan fingerprint density at radius 2 is 2.03 bits per heavy atom. The summed E-state index contributed by atoms with van der Waals surface area (Å²) in [5, 5.41) is 5.67. The largest absolute Gasteiger partial charge is 0.454 e. The summed E-state index contributed by atoms with van der Waals surface area (Å²) >= 11 is 1.44. The molecule has 3 aliphatic rings. The lowest BCUT2D eigenvalue weighted by Crippen LogP contribution is -2.36. The molecule has 1 fully saturated rings. The molecule has 1 amide bonds. The number of nitrogens with zero attached hydrogens (tertiary/aromatic N) is 1. The van der Waals surface area contributed by atoms with Crippen LogP contribution in [0.5, 0.6) is 11.5 Å². The number of rotatable bonds is 2. The Bertz CT molecular complexity index is 1030. The predicted molar refractivity (Wildman–Crippen MR) is 109 cm³/mol. The standard InChI is InChI=1S/C20H23N3O5S/c1-20(2)8-12(5-6-28-20)23-18-16(19(25)22-23)17(29-9-15(24)21-18)11-3-4-13-14(7-11)27-10-26-13/h3-4,7,12,17H,5-6,8-10H2,1-2H3,(H,21,24)(H,22,25)/t12-,17-/m1/s1. The molecule has 0 bridgehead atoms. The third-order valence-corrected chi connectivity index (χ3v) is 6.87. The third-order valence-electron chi connectivity index (χ3n) is 5.60. The maximum atomic E-state index is 13.0. The quantitative estimate of drug-likeness (QED) is 0.780. The van der Waals surface area contributed by atoms with E-state index in [1.54, 1.807) is 0 Å². The van der Waals surface area contributed by atoms with E-state index in [0.29, 0.717) is 29.5 Å². The maximum Gasteiger partial charge on any atom is 0.270 e. The number of H-pyrrole nitrogens is 1. The second-order valence-corrected chi connectivity index (χ2v) is 9.27. The number of thioether (sulfide) groups is 1. The number of anilines is 1. The number of hydrogen-bond acceptors (Lipinski definition) is 6. The van der Waals surface area contributed by atoms with E-state index in [9.17, 15) is 9.59 Å². The van der Waals surface area contributed by atoms with E-state index in [2.05, 4.69) is 10.4 Å². The summed E-state index contributed by atoms with van der Waals surface area (Å²) in [7, 11) is 0. The summed E-state index contributed by atoms with van der Waals surface area (Å²) in [5.41, 5.74) is 1.02. The van der Waals surface area contributed by atoms with Crippen LogP contribution in [-0.2, 0) is 9.53 Å². The molecule has 1 saturated heterocycles. The molecule has 29 heavy (non-hydrogen) atoms. The first-order valence-electron chi connectivity index (χ1n) is 9.71. The van der Waals surface area contributed by atoms with Crippen LogP contribution >= 0.6 is 11.8 Å². The lowest BCUT2D eigenvalue weighted by molar-refractivity contribution is -0.113. The van der Waals surface area contributed by atoms with E-state index in [4.69, 9.17) is 14.2 Å². The molecule has 1 aromatic carbocycles. The Morgan fingerprint density at radius 1 is 1.21 bits per heavy atom. The first-order valence-corrected chi connectivity index (χ1v) is 10.8. The van der Waals surface area contributed by atoms with E-state index < -0.39 is 0 Å². The third kappa shape index (κ3) is 3.32. The summed E-state index contributed by atoms with van der Waals surface area (Å²) in [6.45, 7) is 4.89. The van der Waals surface area contributed by atoms with E-state index in [0.717, 1.165) is 18.4 Å². The molecule has 0 spiro atoms. The summed E-state index contributed by atoms with van der Waals surface area (Å²) in [5.74, 6) is 2.08. The Kier molecular flexibility index (Phi) is 4.40. The summed E-state index contributed by atoms with van der Waals surface area (Å²) in [6.07, 6.45) is 1.53. The van der Waals surface area contributed by atoms with Gasteiger partial charge in [0.15, 0.2) is 11.5 Å². The van der Waals surface area contributed by atoms with Crippen LogP contribution in [0.1, 0.15) is 49.1 Å². The van der Waals surface area contributed by atoms with Crippen LogP contribution in [0.25, 0.3) is 0 Å². The molecule has 0 aliphatic carbocycles. The molecule has 2 aromatic rings. The monoisotopic (exact) mass is 417 g/mol. The van der Waals surface area contributed by atoms with Crippen molar-refractivity contribution >= 4 is 23.5 Å². The van der Waals surface area contributed by atoms with Gasteiger partial charge in [0, 0.05) is 6.61 Å². The molecule has 3 aliphatic heterocycles. The molecular weight excluding hydrogens is 394 g/mol. The molecule has 1 aromatic heterocycles. The van der Waals surface area contributed by atoms with Crippen molar-refractivity contribution in [3.63, 3.8) is 0 Å². The van der Waals surface area contributed by atoms with Crippen molar-refractivity contribution in [1.82, 2.24) is 9.78 Å². The molecule has 2 atom stereocenters. The van der Waals surface area contributed by atoms with Crippen LogP contribution in [0.4, 0.5) is 5.82 Å². The number of fused-ring (bicyclic) bond motifs is 2. The topological polar surface area (TPSA) is 94.6 Å². The lowest BCUT2D eigenvalue weighted by atomic mass is 9.94. The number of amides is 1. The summed E-state index contributed by atoms with van der Waals surface area (Å²) in [4.78, 5) is 25.5. The van der Waals surface area contributed by atoms with Crippen molar-refractivity contribution in [2.75, 3.05) is 24.5 Å². The zero-order valence-electron chi connectivity index (χ0n) is 16.3. The smallest absolute Gasteiger partial charge is 0.270 e. The van der Waals surface area contributed by atoms with E-state index in [-0.39, 0.29) is 40.9 Å². The van der Waals surface area contributed by atoms with Gasteiger partial charge in [-0.2, -0.15) is 0 Å². The van der Waals surface area contributed by atoms with E-state index >= 15 is 0 Å². The van der Waals surface area contributed by atoms with Crippen molar-refractivity contribution < 1.29 is 19.0 Å². The predicted octanol–water partition coefficient (Wildman–Crippen LogP) is 2.81. The van der Waals surface area contributed by atoms with Crippen LogP contribution < -0.4 is 20.3 Å². The van der Waals surface area contributed by atoms with Gasteiger partial charge in [0.25, 0.3) is 5.56 Å². The minimum Gasteiger partial charge on any atom is -0.454 e. The minimum absolute atomic E-state index is 0.0519. The fourth-order valence-electron chi connectivity index (χ4n) is 4.28. The number of aromatic amines is 1. The van der Waals surface area contributed by atoms with E-state index in [1.165, 1.54) is 11.8 Å². The molecule has 8 nitrogen and oxygen atoms in total. The van der Waals surface area contributed by atoms with Crippen LogP contribution in [-0.4, -0.2) is 40.4 Å². The van der Waals surface area contributed by atoms with Gasteiger partial charge in [-0.15, -0.1) is 11.8 Å². The van der Waals surface area contributed by atoms with Gasteiger partial charge in [0.2, 0.25) is 12.7 Å². The van der Waals surface area contributed by atoms with Gasteiger partial charge in [-0.05, 0) is 44.4 Å². The molecule has 5 rings (SSSR count). The second kappa shape index (κ2) is 6.84. The fourth-order valence-corrected chi connectivity index (χ4v) is 5.39. The molecule has 0 unspecified atom stereocenters. The first-order chi connectivity index (χ1) is 13.9. The molecule has 4 heterocycles. The molecule has 154 valence electrons. The van der Waals surface area contributed by atoms with Gasteiger partial charge >= 0.3 is 0 Å². The zero-order chi connectivity index (χ0) is 20.2. The number of aromatic nitrogens is 2. The van der Waals surface area contributed by atoms with Crippen LogP contribution in [0.15, 0.2) is 23.0 Å². The number of benzene rings is 1. The highest BCUT2D eigenvalue weighted by Gasteiger charge is 2.36. The zero-order valence-corrected chi connectivity index (χ0v) is 17.1. The van der Waals surface area contributed by atoms with Crippen molar-refractivity contribution in [2.45, 2.75) is 43.6 Å². The summed E-state index contributed by atoms with van der Waals surface area (Å²) < 4.78 is 18.6. The van der Waals surface area contributed by atoms with Crippen LogP contribution in [0.3, 0.4) is 0 Å². The second-order valence-electron chi connectivity index (χ2n) is 8.18. The number of hydrogen-bond donors (Lipinski definition) is 2. The lowest BCUT2D eigenvalue weighted by Gasteiger charge is -2.36. The van der Waals surface area contributed by atoms with Crippen LogP contribution in [0, 0.1) is 0 Å². The number of ether oxygens (including phenoxy) is 3. The normalized spacial score (nSPS) is 25.2. The van der Waals surface area contributed by atoms with Gasteiger partial charge in [-0.25, -0.2) is 0 Å². The average Bonchev–Trinajstić information content (AvgIpc) is 3.21. The Morgan fingerprint density at radius 3 is 2.86 bits per heavy atom. The molecule has 2 N–H and O–H groups in total. The van der Waals surface area contributed by atoms with Gasteiger partial charge in [0.1, 0.15) is 5.82 Å². The molecule has 0 saturated carbocycles. The number of carbonyl (C=O) groups is 1. The van der Waals surface area contributed by atoms with Gasteiger partial charge in [0.05, 0.1) is 28.2 Å². The highest BCUT2D eigenvalue weighted by atomic mass is 32.2. The van der Waals surface area contributed by atoms with Gasteiger partial charge in [-0.3, -0.25) is 19.4 Å². The molecule has 0 radical (unpaired) electrons. The van der Waals surface area contributed by atoms with Crippen molar-refractivity contribution in [3.05, 3.63) is 39.7 Å². The first kappa shape index (κ1) is 18.6. The van der Waals surface area contributed by atoms with Gasteiger partial charge in [-0.1, -0.05) is 6.07 Å². The Hall–Kier alpha value is -2.39. The summed E-state index contributed by atoms with van der Waals surface area (Å²) in [6, 6.07) is 5.73. The van der Waals surface area contributed by atoms with Crippen molar-refractivity contribution in [2.24, 2.45) is 0 Å². The van der Waals surface area contributed by atoms with Crippen LogP contribution in [0.2, 0.25) is 0 Å².